The van der Waals surface area contributed by atoms with E-state index in [1.807, 2.05) is 31.2 Å². The molecule has 1 fully saturated rings. The molecule has 3 rings (SSSR count). The first-order valence-corrected chi connectivity index (χ1v) is 9.53. The van der Waals surface area contributed by atoms with Crippen LogP contribution in [0.4, 0.5) is 11.4 Å². The smallest absolute Gasteiger partial charge is 0.341 e. The van der Waals surface area contributed by atoms with Gasteiger partial charge in [0.15, 0.2) is 6.61 Å². The van der Waals surface area contributed by atoms with Crippen LogP contribution in [0.25, 0.3) is 0 Å². The number of carboxylic acids is 1. The maximum Gasteiger partial charge on any atom is 0.341 e. The van der Waals surface area contributed by atoms with Crippen molar-refractivity contribution in [1.29, 1.82) is 0 Å². The fraction of sp³-hybridized carbons (Fsp3) is 0.318. The Kier molecular flexibility index (Phi) is 6.16. The van der Waals surface area contributed by atoms with Gasteiger partial charge in [-0.15, -0.1) is 0 Å². The number of hydrogen-bond donors (Lipinski definition) is 2. The molecule has 0 aliphatic carbocycles. The Labute approximate surface area is 169 Å². The molecular formula is C22H24N2O5. The Hall–Kier alpha value is -3.35. The number of nitrogens with zero attached hydrogens (tertiary/aromatic N) is 1. The van der Waals surface area contributed by atoms with Gasteiger partial charge in [0, 0.05) is 24.3 Å². The van der Waals surface area contributed by atoms with Gasteiger partial charge in [-0.25, -0.2) is 4.79 Å². The molecule has 1 unspecified atom stereocenters. The molecule has 1 saturated heterocycles. The number of carboxylic acid groups (broad SMARTS) is 1. The molecule has 7 heteroatoms. The van der Waals surface area contributed by atoms with E-state index in [0.29, 0.717) is 18.0 Å². The van der Waals surface area contributed by atoms with Crippen LogP contribution in [0.3, 0.4) is 0 Å². The van der Waals surface area contributed by atoms with Crippen LogP contribution in [-0.2, 0) is 20.8 Å². The summed E-state index contributed by atoms with van der Waals surface area (Å²) >= 11 is 0. The molecule has 29 heavy (non-hydrogen) atoms. The molecule has 0 saturated carbocycles. The molecule has 2 N–H and O–H groups in total. The van der Waals surface area contributed by atoms with E-state index in [1.54, 1.807) is 30.0 Å². The maximum atomic E-state index is 12.7. The molecule has 0 aromatic heterocycles. The number of benzene rings is 2. The lowest BCUT2D eigenvalue weighted by atomic mass is 10.1. The average molecular weight is 396 g/mol. The van der Waals surface area contributed by atoms with Crippen molar-refractivity contribution in [2.75, 3.05) is 23.4 Å². The van der Waals surface area contributed by atoms with E-state index in [-0.39, 0.29) is 18.2 Å². The SMILES string of the molecule is CCc1ccccc1N1CC(C(=O)Nc2ccc(OCC(=O)O)cc2C)CC1=O. The van der Waals surface area contributed by atoms with Gasteiger partial charge < -0.3 is 20.1 Å². The summed E-state index contributed by atoms with van der Waals surface area (Å²) in [5.41, 5.74) is 3.30. The van der Waals surface area contributed by atoms with Crippen molar-refractivity contribution in [1.82, 2.24) is 0 Å². The molecule has 152 valence electrons. The summed E-state index contributed by atoms with van der Waals surface area (Å²) in [6.45, 7) is 3.76. The first-order valence-electron chi connectivity index (χ1n) is 9.53. The number of nitrogens with one attached hydrogen (secondary N) is 1. The van der Waals surface area contributed by atoms with Crippen LogP contribution >= 0.6 is 0 Å². The predicted octanol–water partition coefficient (Wildman–Crippen LogP) is 3.01. The Balaban J connectivity index is 1.67. The van der Waals surface area contributed by atoms with Gasteiger partial charge in [-0.3, -0.25) is 9.59 Å². The summed E-state index contributed by atoms with van der Waals surface area (Å²) in [6, 6.07) is 12.7. The minimum absolute atomic E-state index is 0.0554. The standard InChI is InChI=1S/C22H24N2O5/c1-3-15-6-4-5-7-19(15)24-12-16(11-20(24)25)22(28)23-18-9-8-17(10-14(18)2)29-13-21(26)27/h4-10,16H,3,11-13H2,1-2H3,(H,23,28)(H,26,27). The van der Waals surface area contributed by atoms with Gasteiger partial charge in [0.1, 0.15) is 5.75 Å². The van der Waals surface area contributed by atoms with Gasteiger partial charge in [-0.05, 0) is 48.7 Å². The van der Waals surface area contributed by atoms with Crippen molar-refractivity contribution in [3.8, 4) is 5.75 Å². The Morgan fingerprint density at radius 1 is 1.24 bits per heavy atom. The highest BCUT2D eigenvalue weighted by molar-refractivity contribution is 6.04. The van der Waals surface area contributed by atoms with Gasteiger partial charge in [-0.2, -0.15) is 0 Å². The number of hydrogen-bond acceptors (Lipinski definition) is 4. The molecule has 2 aromatic carbocycles. The second-order valence-electron chi connectivity index (χ2n) is 7.04. The molecule has 7 nitrogen and oxygen atoms in total. The second-order valence-corrected chi connectivity index (χ2v) is 7.04. The number of aryl methyl sites for hydroxylation is 2. The number of carbonyl (C=O) groups is 3. The summed E-state index contributed by atoms with van der Waals surface area (Å²) in [5.74, 6) is -1.34. The highest BCUT2D eigenvalue weighted by Crippen LogP contribution is 2.30. The van der Waals surface area contributed by atoms with Crippen LogP contribution in [0.15, 0.2) is 42.5 Å². The summed E-state index contributed by atoms with van der Waals surface area (Å²) < 4.78 is 5.14. The van der Waals surface area contributed by atoms with E-state index in [2.05, 4.69) is 5.32 Å². The van der Waals surface area contributed by atoms with Gasteiger partial charge >= 0.3 is 5.97 Å². The number of rotatable bonds is 7. The number of para-hydroxylation sites is 1. The molecule has 2 amide bonds. The zero-order chi connectivity index (χ0) is 21.0. The third-order valence-corrected chi connectivity index (χ3v) is 4.98. The second kappa shape index (κ2) is 8.77. The number of aliphatic carboxylic acids is 1. The van der Waals surface area contributed by atoms with Gasteiger partial charge in [0.05, 0.1) is 5.92 Å². The summed E-state index contributed by atoms with van der Waals surface area (Å²) in [7, 11) is 0. The fourth-order valence-electron chi connectivity index (χ4n) is 3.44. The molecule has 1 heterocycles. The van der Waals surface area contributed by atoms with Crippen LogP contribution in [0.2, 0.25) is 0 Å². The third kappa shape index (κ3) is 4.74. The predicted molar refractivity (Wildman–Crippen MR) is 109 cm³/mol. The van der Waals surface area contributed by atoms with Crippen molar-refractivity contribution in [2.24, 2.45) is 5.92 Å². The molecule has 2 aromatic rings. The van der Waals surface area contributed by atoms with Gasteiger partial charge in [0.25, 0.3) is 0 Å². The van der Waals surface area contributed by atoms with Crippen molar-refractivity contribution in [3.63, 3.8) is 0 Å². The van der Waals surface area contributed by atoms with E-state index in [0.717, 1.165) is 23.2 Å². The Morgan fingerprint density at radius 2 is 2.00 bits per heavy atom. The van der Waals surface area contributed by atoms with E-state index in [1.165, 1.54) is 0 Å². The van der Waals surface area contributed by atoms with Crippen LogP contribution in [0.1, 0.15) is 24.5 Å². The van der Waals surface area contributed by atoms with Crippen LogP contribution in [0, 0.1) is 12.8 Å². The fourth-order valence-corrected chi connectivity index (χ4v) is 3.44. The molecule has 1 aliphatic heterocycles. The van der Waals surface area contributed by atoms with Crippen molar-refractivity contribution in [3.05, 3.63) is 53.6 Å². The molecule has 0 radical (unpaired) electrons. The summed E-state index contributed by atoms with van der Waals surface area (Å²) in [5, 5.41) is 11.6. The average Bonchev–Trinajstić information content (AvgIpc) is 3.09. The normalized spacial score (nSPS) is 16.0. The van der Waals surface area contributed by atoms with E-state index in [4.69, 9.17) is 9.84 Å². The first kappa shape index (κ1) is 20.4. The third-order valence-electron chi connectivity index (χ3n) is 4.98. The number of ether oxygens (including phenoxy) is 1. The Bertz CT molecular complexity index is 941. The van der Waals surface area contributed by atoms with Crippen molar-refractivity contribution >= 4 is 29.2 Å². The highest BCUT2D eigenvalue weighted by Gasteiger charge is 2.35. The van der Waals surface area contributed by atoms with Gasteiger partial charge in [-0.1, -0.05) is 25.1 Å². The molecule has 1 atom stereocenters. The number of carbonyl (C=O) groups excluding carboxylic acids is 2. The molecular weight excluding hydrogens is 372 g/mol. The zero-order valence-electron chi connectivity index (χ0n) is 16.5. The van der Waals surface area contributed by atoms with E-state index in [9.17, 15) is 14.4 Å². The minimum Gasteiger partial charge on any atom is -0.482 e. The molecule has 0 spiro atoms. The monoisotopic (exact) mass is 396 g/mol. The lowest BCUT2D eigenvalue weighted by Gasteiger charge is -2.20. The maximum absolute atomic E-state index is 12.7. The quantitative estimate of drug-likeness (QED) is 0.750. The van der Waals surface area contributed by atoms with Crippen LogP contribution in [-0.4, -0.2) is 36.0 Å². The first-order chi connectivity index (χ1) is 13.9. The molecule has 0 bridgehead atoms. The molecule has 1 aliphatic rings. The number of anilines is 2. The van der Waals surface area contributed by atoms with Gasteiger partial charge in [0.2, 0.25) is 11.8 Å². The Morgan fingerprint density at radius 3 is 2.69 bits per heavy atom. The summed E-state index contributed by atoms with van der Waals surface area (Å²) in [6.07, 6.45) is 0.981. The highest BCUT2D eigenvalue weighted by atomic mass is 16.5. The van der Waals surface area contributed by atoms with Crippen molar-refractivity contribution < 1.29 is 24.2 Å². The summed E-state index contributed by atoms with van der Waals surface area (Å²) in [4.78, 5) is 37.6. The van der Waals surface area contributed by atoms with Crippen LogP contribution in [0.5, 0.6) is 5.75 Å². The van der Waals surface area contributed by atoms with Crippen LogP contribution < -0.4 is 15.0 Å². The largest absolute Gasteiger partial charge is 0.482 e. The number of amides is 2. The van der Waals surface area contributed by atoms with Crippen molar-refractivity contribution in [2.45, 2.75) is 26.7 Å². The van der Waals surface area contributed by atoms with E-state index >= 15 is 0 Å². The lowest BCUT2D eigenvalue weighted by Crippen LogP contribution is -2.28. The zero-order valence-corrected chi connectivity index (χ0v) is 16.5. The minimum atomic E-state index is -1.06. The lowest BCUT2D eigenvalue weighted by molar-refractivity contribution is -0.139. The topological polar surface area (TPSA) is 95.9 Å². The van der Waals surface area contributed by atoms with E-state index < -0.39 is 18.5 Å².